The monoisotopic (exact) mass is 311 g/mol. The van der Waals surface area contributed by atoms with Crippen molar-refractivity contribution in [3.8, 4) is 0 Å². The second-order valence-electron chi connectivity index (χ2n) is 6.25. The van der Waals surface area contributed by atoms with Crippen LogP contribution >= 0.6 is 0 Å². The highest BCUT2D eigenvalue weighted by Crippen LogP contribution is 2.27. The molecular weight excluding hydrogens is 286 g/mol. The average Bonchev–Trinajstić information content (AvgIpc) is 2.99. The van der Waals surface area contributed by atoms with Crippen molar-refractivity contribution in [2.45, 2.75) is 56.4 Å². The fraction of sp³-hybridized carbons (Fsp3) is 0.625. The molecule has 4 nitrogen and oxygen atoms in total. The normalized spacial score (nSPS) is 19.9. The summed E-state index contributed by atoms with van der Waals surface area (Å²) in [5.74, 6) is 0. The fourth-order valence-corrected chi connectivity index (χ4v) is 3.45. The van der Waals surface area contributed by atoms with Gasteiger partial charge in [-0.25, -0.2) is 13.1 Å². The fourth-order valence-electron chi connectivity index (χ4n) is 2.38. The van der Waals surface area contributed by atoms with Crippen molar-refractivity contribution >= 4 is 10.0 Å². The zero-order valence-corrected chi connectivity index (χ0v) is 13.9. The number of ether oxygens (including phenoxy) is 1. The van der Waals surface area contributed by atoms with Crippen LogP contribution in [0.25, 0.3) is 0 Å². The van der Waals surface area contributed by atoms with Crippen molar-refractivity contribution in [2.24, 2.45) is 0 Å². The second-order valence-corrected chi connectivity index (χ2v) is 8.02. The molecule has 0 bridgehead atoms. The van der Waals surface area contributed by atoms with Crippen molar-refractivity contribution in [2.75, 3.05) is 13.2 Å². The lowest BCUT2D eigenvalue weighted by Crippen LogP contribution is -2.31. The van der Waals surface area contributed by atoms with Gasteiger partial charge in [0, 0.05) is 13.2 Å². The Morgan fingerprint density at radius 2 is 1.95 bits per heavy atom. The summed E-state index contributed by atoms with van der Waals surface area (Å²) >= 11 is 0. The standard InChI is InChI=1S/C16H25NO3S/c1-4-16(2,3)13-7-9-15(10-8-13)21(18,19)17-12-14-6-5-11-20-14/h7-10,14,17H,4-6,11-12H2,1-3H3. The first-order valence-electron chi connectivity index (χ1n) is 7.57. The third-order valence-electron chi connectivity index (χ3n) is 4.35. The van der Waals surface area contributed by atoms with Crippen LogP contribution in [-0.4, -0.2) is 27.7 Å². The first kappa shape index (κ1) is 16.5. The molecule has 1 atom stereocenters. The quantitative estimate of drug-likeness (QED) is 0.879. The molecule has 1 aromatic rings. The van der Waals surface area contributed by atoms with E-state index in [2.05, 4.69) is 25.5 Å². The molecule has 1 fully saturated rings. The lowest BCUT2D eigenvalue weighted by Gasteiger charge is -2.23. The van der Waals surface area contributed by atoms with Crippen LogP contribution in [-0.2, 0) is 20.2 Å². The average molecular weight is 311 g/mol. The van der Waals surface area contributed by atoms with Crippen molar-refractivity contribution in [3.05, 3.63) is 29.8 Å². The Bertz CT molecular complexity index is 558. The number of nitrogens with one attached hydrogen (secondary N) is 1. The first-order valence-corrected chi connectivity index (χ1v) is 9.05. The van der Waals surface area contributed by atoms with Gasteiger partial charge in [0.25, 0.3) is 0 Å². The molecule has 1 aliphatic heterocycles. The number of rotatable bonds is 6. The summed E-state index contributed by atoms with van der Waals surface area (Å²) in [6.45, 7) is 7.53. The molecular formula is C16H25NO3S. The zero-order valence-electron chi connectivity index (χ0n) is 13.1. The molecule has 1 unspecified atom stereocenters. The number of benzene rings is 1. The Morgan fingerprint density at radius 1 is 1.29 bits per heavy atom. The van der Waals surface area contributed by atoms with Crippen LogP contribution in [0.15, 0.2) is 29.2 Å². The van der Waals surface area contributed by atoms with E-state index in [0.29, 0.717) is 11.4 Å². The second kappa shape index (κ2) is 6.46. The van der Waals surface area contributed by atoms with Gasteiger partial charge in [-0.15, -0.1) is 0 Å². The van der Waals surface area contributed by atoms with Crippen LogP contribution in [0.3, 0.4) is 0 Å². The minimum Gasteiger partial charge on any atom is -0.377 e. The molecule has 0 amide bonds. The number of sulfonamides is 1. The lowest BCUT2D eigenvalue weighted by molar-refractivity contribution is 0.114. The van der Waals surface area contributed by atoms with Gasteiger partial charge in [0.05, 0.1) is 11.0 Å². The molecule has 21 heavy (non-hydrogen) atoms. The van der Waals surface area contributed by atoms with Gasteiger partial charge in [0.2, 0.25) is 10.0 Å². The number of hydrogen-bond acceptors (Lipinski definition) is 3. The van der Waals surface area contributed by atoms with Gasteiger partial charge in [0.1, 0.15) is 0 Å². The van der Waals surface area contributed by atoms with E-state index in [-0.39, 0.29) is 11.5 Å². The van der Waals surface area contributed by atoms with E-state index in [0.717, 1.165) is 31.4 Å². The Balaban J connectivity index is 2.06. The highest BCUT2D eigenvalue weighted by atomic mass is 32.2. The molecule has 118 valence electrons. The minimum absolute atomic E-state index is 0.0121. The third-order valence-corrected chi connectivity index (χ3v) is 5.79. The summed E-state index contributed by atoms with van der Waals surface area (Å²) in [7, 11) is -3.45. The molecule has 0 radical (unpaired) electrons. The Morgan fingerprint density at radius 3 is 2.48 bits per heavy atom. The van der Waals surface area contributed by atoms with Gasteiger partial charge in [-0.05, 0) is 42.4 Å². The molecule has 1 aliphatic rings. The highest BCUT2D eigenvalue weighted by Gasteiger charge is 2.22. The third kappa shape index (κ3) is 4.05. The first-order chi connectivity index (χ1) is 9.85. The molecule has 5 heteroatoms. The van der Waals surface area contributed by atoms with Gasteiger partial charge in [-0.2, -0.15) is 0 Å². The zero-order chi connectivity index (χ0) is 15.5. The molecule has 1 N–H and O–H groups in total. The van der Waals surface area contributed by atoms with E-state index in [1.165, 1.54) is 0 Å². The Kier molecular flexibility index (Phi) is 5.07. The van der Waals surface area contributed by atoms with Gasteiger partial charge in [-0.3, -0.25) is 0 Å². The van der Waals surface area contributed by atoms with E-state index in [1.807, 2.05) is 12.1 Å². The summed E-state index contributed by atoms with van der Waals surface area (Å²) in [6, 6.07) is 7.18. The van der Waals surface area contributed by atoms with Crippen molar-refractivity contribution < 1.29 is 13.2 Å². The predicted octanol–water partition coefficient (Wildman–Crippen LogP) is 2.83. The molecule has 0 saturated carbocycles. The maximum Gasteiger partial charge on any atom is 0.240 e. The Hall–Kier alpha value is -0.910. The molecule has 0 spiro atoms. The van der Waals surface area contributed by atoms with Crippen molar-refractivity contribution in [1.82, 2.24) is 4.72 Å². The summed E-state index contributed by atoms with van der Waals surface area (Å²) < 4.78 is 32.6. The largest absolute Gasteiger partial charge is 0.377 e. The van der Waals surface area contributed by atoms with E-state index in [9.17, 15) is 8.42 Å². The molecule has 1 aromatic carbocycles. The maximum atomic E-state index is 12.3. The van der Waals surface area contributed by atoms with Crippen LogP contribution in [0, 0.1) is 0 Å². The van der Waals surface area contributed by atoms with Crippen molar-refractivity contribution in [3.63, 3.8) is 0 Å². The van der Waals surface area contributed by atoms with Crippen LogP contribution in [0.5, 0.6) is 0 Å². The summed E-state index contributed by atoms with van der Waals surface area (Å²) in [4.78, 5) is 0.316. The SMILES string of the molecule is CCC(C)(C)c1ccc(S(=O)(=O)NCC2CCCO2)cc1. The van der Waals surface area contributed by atoms with E-state index < -0.39 is 10.0 Å². The topological polar surface area (TPSA) is 55.4 Å². The summed E-state index contributed by atoms with van der Waals surface area (Å²) in [5.41, 5.74) is 1.22. The van der Waals surface area contributed by atoms with Crippen LogP contribution in [0.4, 0.5) is 0 Å². The Labute approximate surface area is 127 Å². The molecule has 0 aliphatic carbocycles. The molecule has 1 heterocycles. The van der Waals surface area contributed by atoms with E-state index in [4.69, 9.17) is 4.74 Å². The van der Waals surface area contributed by atoms with Gasteiger partial charge >= 0.3 is 0 Å². The lowest BCUT2D eigenvalue weighted by atomic mass is 9.82. The summed E-state index contributed by atoms with van der Waals surface area (Å²) in [5, 5.41) is 0. The van der Waals surface area contributed by atoms with Gasteiger partial charge in [0.15, 0.2) is 0 Å². The smallest absolute Gasteiger partial charge is 0.240 e. The van der Waals surface area contributed by atoms with Crippen LogP contribution in [0.1, 0.15) is 45.6 Å². The highest BCUT2D eigenvalue weighted by molar-refractivity contribution is 7.89. The van der Waals surface area contributed by atoms with Crippen LogP contribution in [0.2, 0.25) is 0 Å². The molecule has 1 saturated heterocycles. The molecule has 0 aromatic heterocycles. The summed E-state index contributed by atoms with van der Waals surface area (Å²) in [6.07, 6.45) is 2.95. The molecule has 2 rings (SSSR count). The van der Waals surface area contributed by atoms with Gasteiger partial charge < -0.3 is 4.74 Å². The predicted molar refractivity (Wildman–Crippen MR) is 83.9 cm³/mol. The van der Waals surface area contributed by atoms with E-state index in [1.54, 1.807) is 12.1 Å². The maximum absolute atomic E-state index is 12.3. The minimum atomic E-state index is -3.45. The van der Waals surface area contributed by atoms with Crippen molar-refractivity contribution in [1.29, 1.82) is 0 Å². The van der Waals surface area contributed by atoms with Crippen LogP contribution < -0.4 is 4.72 Å². The van der Waals surface area contributed by atoms with E-state index >= 15 is 0 Å². The number of hydrogen-bond donors (Lipinski definition) is 1. The van der Waals surface area contributed by atoms with Gasteiger partial charge in [-0.1, -0.05) is 32.9 Å².